The fraction of sp³-hybridized carbons (Fsp3) is 0.130. The standard InChI is InChI=1S/C23H21ClN2O2/c1-16-4-3-5-19(12-16)15-28-21-10-7-18(8-11-21)14-25-26-23(27)20-9-6-17(2)22(24)13-20/h3-14H,15H2,1-2H3,(H,26,27)/b25-14-. The number of carbonyl (C=O) groups is 1. The van der Waals surface area contributed by atoms with E-state index in [9.17, 15) is 4.79 Å². The van der Waals surface area contributed by atoms with Crippen LogP contribution < -0.4 is 10.2 Å². The van der Waals surface area contributed by atoms with E-state index in [-0.39, 0.29) is 5.91 Å². The first-order valence-corrected chi connectivity index (χ1v) is 9.27. The summed E-state index contributed by atoms with van der Waals surface area (Å²) in [6.45, 7) is 4.46. The van der Waals surface area contributed by atoms with Crippen LogP contribution in [0.2, 0.25) is 5.02 Å². The molecule has 0 aliphatic carbocycles. The normalized spacial score (nSPS) is 10.8. The Morgan fingerprint density at radius 3 is 2.57 bits per heavy atom. The van der Waals surface area contributed by atoms with Crippen molar-refractivity contribution in [1.29, 1.82) is 0 Å². The van der Waals surface area contributed by atoms with E-state index in [1.165, 1.54) is 5.56 Å². The van der Waals surface area contributed by atoms with Crippen molar-refractivity contribution >= 4 is 23.7 Å². The van der Waals surface area contributed by atoms with Crippen molar-refractivity contribution in [2.45, 2.75) is 20.5 Å². The van der Waals surface area contributed by atoms with E-state index in [1.807, 2.05) is 43.3 Å². The fourth-order valence-corrected chi connectivity index (χ4v) is 2.76. The smallest absolute Gasteiger partial charge is 0.271 e. The van der Waals surface area contributed by atoms with Gasteiger partial charge in [-0.25, -0.2) is 5.43 Å². The third kappa shape index (κ3) is 5.44. The van der Waals surface area contributed by atoms with Gasteiger partial charge in [-0.3, -0.25) is 4.79 Å². The Hall–Kier alpha value is -3.11. The van der Waals surface area contributed by atoms with E-state index in [2.05, 4.69) is 29.6 Å². The van der Waals surface area contributed by atoms with Crippen LogP contribution in [0, 0.1) is 13.8 Å². The van der Waals surface area contributed by atoms with E-state index in [4.69, 9.17) is 16.3 Å². The van der Waals surface area contributed by atoms with Crippen molar-refractivity contribution < 1.29 is 9.53 Å². The molecule has 0 unspecified atom stereocenters. The highest BCUT2D eigenvalue weighted by molar-refractivity contribution is 6.31. The number of rotatable bonds is 6. The number of ether oxygens (including phenoxy) is 1. The Labute approximate surface area is 169 Å². The lowest BCUT2D eigenvalue weighted by Gasteiger charge is -2.07. The molecule has 5 heteroatoms. The zero-order chi connectivity index (χ0) is 19.9. The van der Waals surface area contributed by atoms with Crippen LogP contribution in [0.5, 0.6) is 5.75 Å². The van der Waals surface area contributed by atoms with E-state index in [0.717, 1.165) is 22.4 Å². The van der Waals surface area contributed by atoms with Crippen LogP contribution in [0.3, 0.4) is 0 Å². The van der Waals surface area contributed by atoms with Gasteiger partial charge in [0, 0.05) is 10.6 Å². The molecule has 0 aliphatic rings. The van der Waals surface area contributed by atoms with Crippen molar-refractivity contribution in [3.63, 3.8) is 0 Å². The minimum Gasteiger partial charge on any atom is -0.489 e. The minimum absolute atomic E-state index is 0.309. The maximum absolute atomic E-state index is 12.1. The van der Waals surface area contributed by atoms with E-state index in [1.54, 1.807) is 24.4 Å². The number of hydrogen-bond acceptors (Lipinski definition) is 3. The molecule has 3 aromatic rings. The number of amides is 1. The molecular formula is C23H21ClN2O2. The average molecular weight is 393 g/mol. The summed E-state index contributed by atoms with van der Waals surface area (Å²) in [6.07, 6.45) is 1.58. The number of nitrogens with zero attached hydrogens (tertiary/aromatic N) is 1. The summed E-state index contributed by atoms with van der Waals surface area (Å²) in [4.78, 5) is 12.1. The minimum atomic E-state index is -0.309. The van der Waals surface area contributed by atoms with Gasteiger partial charge in [-0.15, -0.1) is 0 Å². The van der Waals surface area contributed by atoms with Crippen molar-refractivity contribution in [2.24, 2.45) is 5.10 Å². The number of aryl methyl sites for hydroxylation is 2. The SMILES string of the molecule is Cc1cccc(COc2ccc(/C=N\NC(=O)c3ccc(C)c(Cl)c3)cc2)c1. The summed E-state index contributed by atoms with van der Waals surface area (Å²) in [5, 5.41) is 4.55. The van der Waals surface area contributed by atoms with Gasteiger partial charge >= 0.3 is 0 Å². The first kappa shape index (κ1) is 19.6. The summed E-state index contributed by atoms with van der Waals surface area (Å²) in [7, 11) is 0. The Balaban J connectivity index is 1.53. The van der Waals surface area contributed by atoms with Gasteiger partial charge in [-0.2, -0.15) is 5.10 Å². The molecule has 3 aromatic carbocycles. The van der Waals surface area contributed by atoms with Crippen LogP contribution in [0.4, 0.5) is 0 Å². The lowest BCUT2D eigenvalue weighted by molar-refractivity contribution is 0.0955. The second kappa shape index (κ2) is 9.20. The van der Waals surface area contributed by atoms with Crippen molar-refractivity contribution in [3.8, 4) is 5.75 Å². The summed E-state index contributed by atoms with van der Waals surface area (Å²) in [5.74, 6) is 0.466. The average Bonchev–Trinajstić information content (AvgIpc) is 2.69. The van der Waals surface area contributed by atoms with Crippen LogP contribution in [-0.4, -0.2) is 12.1 Å². The lowest BCUT2D eigenvalue weighted by atomic mass is 10.1. The molecule has 0 radical (unpaired) electrons. The number of hydrazone groups is 1. The largest absolute Gasteiger partial charge is 0.489 e. The zero-order valence-corrected chi connectivity index (χ0v) is 16.5. The molecule has 4 nitrogen and oxygen atoms in total. The highest BCUT2D eigenvalue weighted by atomic mass is 35.5. The third-order valence-corrected chi connectivity index (χ3v) is 4.59. The lowest BCUT2D eigenvalue weighted by Crippen LogP contribution is -2.17. The van der Waals surface area contributed by atoms with Crippen molar-refractivity contribution in [3.05, 3.63) is 99.6 Å². The number of hydrogen-bond donors (Lipinski definition) is 1. The predicted molar refractivity (Wildman–Crippen MR) is 113 cm³/mol. The third-order valence-electron chi connectivity index (χ3n) is 4.18. The highest BCUT2D eigenvalue weighted by Crippen LogP contribution is 2.17. The summed E-state index contributed by atoms with van der Waals surface area (Å²) >= 11 is 6.04. The second-order valence-corrected chi connectivity index (χ2v) is 6.92. The summed E-state index contributed by atoms with van der Waals surface area (Å²) in [5.41, 5.74) is 7.08. The van der Waals surface area contributed by atoms with Gasteiger partial charge in [0.15, 0.2) is 0 Å². The Morgan fingerprint density at radius 1 is 1.07 bits per heavy atom. The molecule has 0 saturated carbocycles. The molecule has 0 atom stereocenters. The van der Waals surface area contributed by atoms with Crippen LogP contribution in [-0.2, 0) is 6.61 Å². The molecule has 0 heterocycles. The van der Waals surface area contributed by atoms with Gasteiger partial charge in [0.2, 0.25) is 0 Å². The Kier molecular flexibility index (Phi) is 6.45. The van der Waals surface area contributed by atoms with Gasteiger partial charge < -0.3 is 4.74 Å². The maximum Gasteiger partial charge on any atom is 0.271 e. The molecule has 28 heavy (non-hydrogen) atoms. The monoisotopic (exact) mass is 392 g/mol. The molecule has 1 N–H and O–H groups in total. The first-order valence-electron chi connectivity index (χ1n) is 8.89. The molecule has 0 aliphatic heterocycles. The molecule has 0 bridgehead atoms. The molecule has 3 rings (SSSR count). The quantitative estimate of drug-likeness (QED) is 0.457. The van der Waals surface area contributed by atoms with Crippen LogP contribution in [0.25, 0.3) is 0 Å². The van der Waals surface area contributed by atoms with Gasteiger partial charge in [0.25, 0.3) is 5.91 Å². The number of nitrogens with one attached hydrogen (secondary N) is 1. The summed E-state index contributed by atoms with van der Waals surface area (Å²) in [6, 6.07) is 20.9. The zero-order valence-electron chi connectivity index (χ0n) is 15.8. The number of halogens is 1. The van der Waals surface area contributed by atoms with Crippen LogP contribution in [0.1, 0.15) is 32.6 Å². The molecular weight excluding hydrogens is 372 g/mol. The molecule has 0 aromatic heterocycles. The number of carbonyl (C=O) groups excluding carboxylic acids is 1. The summed E-state index contributed by atoms with van der Waals surface area (Å²) < 4.78 is 5.80. The first-order chi connectivity index (χ1) is 13.5. The number of benzene rings is 3. The molecule has 0 spiro atoms. The van der Waals surface area contributed by atoms with Crippen molar-refractivity contribution in [2.75, 3.05) is 0 Å². The molecule has 1 amide bonds. The Bertz CT molecular complexity index is 998. The second-order valence-electron chi connectivity index (χ2n) is 6.51. The molecule has 142 valence electrons. The maximum atomic E-state index is 12.1. The van der Waals surface area contributed by atoms with Gasteiger partial charge in [-0.05, 0) is 66.9 Å². The van der Waals surface area contributed by atoms with Gasteiger partial charge in [0.1, 0.15) is 12.4 Å². The van der Waals surface area contributed by atoms with Crippen molar-refractivity contribution in [1.82, 2.24) is 5.43 Å². The molecule has 0 saturated heterocycles. The van der Waals surface area contributed by atoms with Crippen LogP contribution >= 0.6 is 11.6 Å². The van der Waals surface area contributed by atoms with E-state index in [0.29, 0.717) is 17.2 Å². The Morgan fingerprint density at radius 2 is 1.86 bits per heavy atom. The van der Waals surface area contributed by atoms with E-state index < -0.39 is 0 Å². The van der Waals surface area contributed by atoms with Gasteiger partial charge in [-0.1, -0.05) is 47.5 Å². The fourth-order valence-electron chi connectivity index (χ4n) is 2.58. The van der Waals surface area contributed by atoms with E-state index >= 15 is 0 Å². The van der Waals surface area contributed by atoms with Crippen LogP contribution in [0.15, 0.2) is 71.8 Å². The van der Waals surface area contributed by atoms with Gasteiger partial charge in [0.05, 0.1) is 6.21 Å². The predicted octanol–water partition coefficient (Wildman–Crippen LogP) is 5.30. The molecule has 0 fully saturated rings. The highest BCUT2D eigenvalue weighted by Gasteiger charge is 2.06. The topological polar surface area (TPSA) is 50.7 Å².